The van der Waals surface area contributed by atoms with Gasteiger partial charge >= 0.3 is 0 Å². The van der Waals surface area contributed by atoms with E-state index in [1.807, 2.05) is 0 Å². The second kappa shape index (κ2) is 7.12. The topological polar surface area (TPSA) is 77.5 Å². The van der Waals surface area contributed by atoms with Crippen LogP contribution in [-0.4, -0.2) is 47.8 Å². The van der Waals surface area contributed by atoms with Crippen LogP contribution >= 0.6 is 0 Å². The molecule has 1 aliphatic rings. The molecule has 22 heavy (non-hydrogen) atoms. The number of amides is 2. The van der Waals surface area contributed by atoms with Gasteiger partial charge in [0.25, 0.3) is 5.91 Å². The first-order valence-corrected chi connectivity index (χ1v) is 7.53. The molecule has 0 N–H and O–H groups in total. The van der Waals surface area contributed by atoms with E-state index in [2.05, 4.69) is 6.07 Å². The molecule has 1 aliphatic heterocycles. The molecule has 0 radical (unpaired) electrons. The van der Waals surface area contributed by atoms with Crippen LogP contribution in [-0.2, 0) is 4.79 Å². The van der Waals surface area contributed by atoms with Crippen LogP contribution in [0.1, 0.15) is 36.7 Å². The van der Waals surface area contributed by atoms with Crippen molar-refractivity contribution in [2.24, 2.45) is 5.92 Å². The standard InChI is InChI=1S/C16H21N3O3/c1-12(10-17)11-18(2)15(20)13-6-3-4-8-19(13)16(21)14-7-5-9-22-14/h5,7,9,12-13H,3-4,6,8,11H2,1-2H3/t12-,13-/m1/s1. The fourth-order valence-electron chi connectivity index (χ4n) is 2.77. The van der Waals surface area contributed by atoms with Crippen LogP contribution in [0.15, 0.2) is 22.8 Å². The Morgan fingerprint density at radius 1 is 1.55 bits per heavy atom. The van der Waals surface area contributed by atoms with Gasteiger partial charge in [0.1, 0.15) is 6.04 Å². The molecule has 0 spiro atoms. The highest BCUT2D eigenvalue weighted by molar-refractivity contribution is 5.95. The van der Waals surface area contributed by atoms with Gasteiger partial charge in [0.15, 0.2) is 5.76 Å². The van der Waals surface area contributed by atoms with Gasteiger partial charge in [-0.2, -0.15) is 5.26 Å². The SMILES string of the molecule is C[C@H](C#N)CN(C)C(=O)[C@H]1CCCCN1C(=O)c1ccco1. The maximum absolute atomic E-state index is 12.6. The molecule has 0 bridgehead atoms. The average Bonchev–Trinajstić information content (AvgIpc) is 3.07. The van der Waals surface area contributed by atoms with Crippen molar-refractivity contribution < 1.29 is 14.0 Å². The number of carbonyl (C=O) groups is 2. The van der Waals surface area contributed by atoms with Gasteiger partial charge in [0.05, 0.1) is 18.3 Å². The summed E-state index contributed by atoms with van der Waals surface area (Å²) in [5.41, 5.74) is 0. The third-order valence-electron chi connectivity index (χ3n) is 3.93. The highest BCUT2D eigenvalue weighted by Gasteiger charge is 2.35. The van der Waals surface area contributed by atoms with E-state index in [4.69, 9.17) is 9.68 Å². The second-order valence-electron chi connectivity index (χ2n) is 5.74. The predicted molar refractivity (Wildman–Crippen MR) is 79.8 cm³/mol. The molecule has 6 heteroatoms. The number of hydrogen-bond acceptors (Lipinski definition) is 4. The number of carbonyl (C=O) groups excluding carboxylic acids is 2. The highest BCUT2D eigenvalue weighted by atomic mass is 16.3. The van der Waals surface area contributed by atoms with Gasteiger partial charge in [0, 0.05) is 20.1 Å². The molecule has 2 heterocycles. The summed E-state index contributed by atoms with van der Waals surface area (Å²) in [6.45, 7) is 2.70. The van der Waals surface area contributed by atoms with E-state index < -0.39 is 6.04 Å². The molecular formula is C16H21N3O3. The molecule has 118 valence electrons. The van der Waals surface area contributed by atoms with Crippen LogP contribution < -0.4 is 0 Å². The molecule has 0 aromatic carbocycles. The molecule has 1 saturated heterocycles. The Hall–Kier alpha value is -2.29. The van der Waals surface area contributed by atoms with Gasteiger partial charge in [-0.3, -0.25) is 9.59 Å². The van der Waals surface area contributed by atoms with Crippen molar-refractivity contribution in [2.45, 2.75) is 32.2 Å². The molecular weight excluding hydrogens is 282 g/mol. The summed E-state index contributed by atoms with van der Waals surface area (Å²) in [5.74, 6) is -0.328. The van der Waals surface area contributed by atoms with Crippen LogP contribution in [0.25, 0.3) is 0 Å². The van der Waals surface area contributed by atoms with E-state index in [9.17, 15) is 9.59 Å². The van der Waals surface area contributed by atoms with Crippen molar-refractivity contribution in [3.63, 3.8) is 0 Å². The molecule has 0 unspecified atom stereocenters. The lowest BCUT2D eigenvalue weighted by atomic mass is 10.00. The van der Waals surface area contributed by atoms with Crippen molar-refractivity contribution in [2.75, 3.05) is 20.1 Å². The number of hydrogen-bond donors (Lipinski definition) is 0. The number of furan rings is 1. The summed E-state index contributed by atoms with van der Waals surface area (Å²) >= 11 is 0. The lowest BCUT2D eigenvalue weighted by Gasteiger charge is -2.36. The van der Waals surface area contributed by atoms with Gasteiger partial charge in [-0.15, -0.1) is 0 Å². The Morgan fingerprint density at radius 2 is 2.32 bits per heavy atom. The number of likely N-dealkylation sites (N-methyl/N-ethyl adjacent to an activating group) is 1. The first kappa shape index (κ1) is 16.1. The van der Waals surface area contributed by atoms with E-state index >= 15 is 0 Å². The van der Waals surface area contributed by atoms with Gasteiger partial charge < -0.3 is 14.2 Å². The fraction of sp³-hybridized carbons (Fsp3) is 0.562. The molecule has 0 saturated carbocycles. The molecule has 1 aromatic heterocycles. The van der Waals surface area contributed by atoms with E-state index in [-0.39, 0.29) is 23.5 Å². The number of rotatable bonds is 4. The molecule has 1 aromatic rings. The van der Waals surface area contributed by atoms with E-state index in [0.717, 1.165) is 12.8 Å². The summed E-state index contributed by atoms with van der Waals surface area (Å²) in [4.78, 5) is 28.3. The summed E-state index contributed by atoms with van der Waals surface area (Å²) in [5, 5.41) is 8.88. The van der Waals surface area contributed by atoms with Crippen molar-refractivity contribution in [3.8, 4) is 6.07 Å². The summed E-state index contributed by atoms with van der Waals surface area (Å²) in [6.07, 6.45) is 3.90. The predicted octanol–water partition coefficient (Wildman–Crippen LogP) is 1.89. The highest BCUT2D eigenvalue weighted by Crippen LogP contribution is 2.21. The van der Waals surface area contributed by atoms with E-state index in [0.29, 0.717) is 19.5 Å². The van der Waals surface area contributed by atoms with Crippen LogP contribution in [0.2, 0.25) is 0 Å². The fourth-order valence-corrected chi connectivity index (χ4v) is 2.77. The third kappa shape index (κ3) is 3.48. The molecule has 1 fully saturated rings. The summed E-state index contributed by atoms with van der Waals surface area (Å²) in [7, 11) is 1.68. The molecule has 2 amide bonds. The number of nitrogens with zero attached hydrogens (tertiary/aromatic N) is 3. The molecule has 0 aliphatic carbocycles. The third-order valence-corrected chi connectivity index (χ3v) is 3.93. The quantitative estimate of drug-likeness (QED) is 0.851. The maximum atomic E-state index is 12.6. The minimum absolute atomic E-state index is 0.110. The van der Waals surface area contributed by atoms with Crippen molar-refractivity contribution in [1.29, 1.82) is 5.26 Å². The second-order valence-corrected chi connectivity index (χ2v) is 5.74. The zero-order chi connectivity index (χ0) is 16.1. The number of piperidine rings is 1. The Labute approximate surface area is 130 Å². The van der Waals surface area contributed by atoms with Crippen molar-refractivity contribution in [1.82, 2.24) is 9.80 Å². The minimum Gasteiger partial charge on any atom is -0.459 e. The summed E-state index contributed by atoms with van der Waals surface area (Å²) in [6, 6.07) is 4.92. The normalized spacial score (nSPS) is 19.3. The monoisotopic (exact) mass is 303 g/mol. The maximum Gasteiger partial charge on any atom is 0.290 e. The Kier molecular flexibility index (Phi) is 5.21. The summed E-state index contributed by atoms with van der Waals surface area (Å²) < 4.78 is 5.16. The Balaban J connectivity index is 2.11. The smallest absolute Gasteiger partial charge is 0.290 e. The Bertz CT molecular complexity index is 562. The van der Waals surface area contributed by atoms with Gasteiger partial charge in [-0.25, -0.2) is 0 Å². The van der Waals surface area contributed by atoms with Crippen LogP contribution in [0.3, 0.4) is 0 Å². The number of nitriles is 1. The minimum atomic E-state index is -0.470. The van der Waals surface area contributed by atoms with Crippen molar-refractivity contribution >= 4 is 11.8 Å². The van der Waals surface area contributed by atoms with Crippen molar-refractivity contribution in [3.05, 3.63) is 24.2 Å². The Morgan fingerprint density at radius 3 is 2.95 bits per heavy atom. The number of likely N-dealkylation sites (tertiary alicyclic amines) is 1. The van der Waals surface area contributed by atoms with E-state index in [1.165, 1.54) is 6.26 Å². The lowest BCUT2D eigenvalue weighted by molar-refractivity contribution is -0.136. The van der Waals surface area contributed by atoms with Gasteiger partial charge in [-0.1, -0.05) is 0 Å². The first-order valence-electron chi connectivity index (χ1n) is 7.53. The van der Waals surface area contributed by atoms with Crippen LogP contribution in [0.5, 0.6) is 0 Å². The molecule has 2 rings (SSSR count). The zero-order valence-electron chi connectivity index (χ0n) is 13.0. The average molecular weight is 303 g/mol. The molecule has 2 atom stereocenters. The van der Waals surface area contributed by atoms with Gasteiger partial charge in [-0.05, 0) is 38.3 Å². The largest absolute Gasteiger partial charge is 0.459 e. The first-order chi connectivity index (χ1) is 10.5. The van der Waals surface area contributed by atoms with Gasteiger partial charge in [0.2, 0.25) is 5.91 Å². The van der Waals surface area contributed by atoms with Crippen LogP contribution in [0, 0.1) is 17.2 Å². The van der Waals surface area contributed by atoms with Crippen LogP contribution in [0.4, 0.5) is 0 Å². The lowest BCUT2D eigenvalue weighted by Crippen LogP contribution is -2.52. The molecule has 6 nitrogen and oxygen atoms in total. The zero-order valence-corrected chi connectivity index (χ0v) is 13.0. The van der Waals surface area contributed by atoms with E-state index in [1.54, 1.807) is 35.9 Å².